The molecule has 1 aromatic heterocycles. The van der Waals surface area contributed by atoms with Crippen molar-refractivity contribution < 1.29 is 32.3 Å². The van der Waals surface area contributed by atoms with E-state index in [1.165, 1.54) is 12.1 Å². The number of furan rings is 1. The van der Waals surface area contributed by atoms with Gasteiger partial charge in [-0.2, -0.15) is 0 Å². The van der Waals surface area contributed by atoms with Gasteiger partial charge in [0.05, 0.1) is 6.04 Å². The molecule has 8 nitrogen and oxygen atoms in total. The molecule has 0 aliphatic carbocycles. The number of hydrogen-bond donors (Lipinski definition) is 2. The van der Waals surface area contributed by atoms with E-state index in [9.17, 15) is 18.0 Å². The summed E-state index contributed by atoms with van der Waals surface area (Å²) in [7, 11) is -3.51. The van der Waals surface area contributed by atoms with Gasteiger partial charge in [-0.05, 0) is 36.8 Å². The minimum absolute atomic E-state index is 0.103. The first kappa shape index (κ1) is 18.5. The number of rotatable bonds is 7. The third-order valence-corrected chi connectivity index (χ3v) is 4.21. The van der Waals surface area contributed by atoms with E-state index in [2.05, 4.69) is 5.32 Å². The molecule has 25 heavy (non-hydrogen) atoms. The largest absolute Gasteiger partial charge is 0.482 e. The van der Waals surface area contributed by atoms with E-state index in [0.29, 0.717) is 5.75 Å². The second-order valence-corrected chi connectivity index (χ2v) is 7.28. The Morgan fingerprint density at radius 3 is 2.36 bits per heavy atom. The lowest BCUT2D eigenvalue weighted by Gasteiger charge is -2.14. The van der Waals surface area contributed by atoms with Gasteiger partial charge < -0.3 is 19.6 Å². The van der Waals surface area contributed by atoms with E-state index in [1.807, 2.05) is 0 Å². The molecule has 0 spiro atoms. The van der Waals surface area contributed by atoms with Crippen LogP contribution in [0.4, 0.5) is 0 Å². The van der Waals surface area contributed by atoms with E-state index < -0.39 is 28.3 Å². The molecule has 0 saturated carbocycles. The zero-order valence-corrected chi connectivity index (χ0v) is 14.4. The highest BCUT2D eigenvalue weighted by Crippen LogP contribution is 2.19. The highest BCUT2D eigenvalue weighted by atomic mass is 32.2. The Hall–Kier alpha value is -2.81. The van der Waals surface area contributed by atoms with Crippen molar-refractivity contribution in [1.82, 2.24) is 5.32 Å². The number of sulfone groups is 1. The second kappa shape index (κ2) is 7.39. The average Bonchev–Trinajstić information content (AvgIpc) is 3.03. The highest BCUT2D eigenvalue weighted by Gasteiger charge is 2.18. The summed E-state index contributed by atoms with van der Waals surface area (Å²) in [5.74, 6) is -1.33. The summed E-state index contributed by atoms with van der Waals surface area (Å²) < 4.78 is 32.8. The molecule has 0 aliphatic heterocycles. The minimum Gasteiger partial charge on any atom is -0.482 e. The third-order valence-electron chi connectivity index (χ3n) is 3.26. The quantitative estimate of drug-likeness (QED) is 0.762. The summed E-state index contributed by atoms with van der Waals surface area (Å²) in [6.45, 7) is 1.30. The molecule has 1 unspecified atom stereocenters. The van der Waals surface area contributed by atoms with Crippen LogP contribution in [0.5, 0.6) is 5.75 Å². The SMILES string of the molecule is CC(NC(=O)c1ccc(S(C)(=O)=O)o1)c1ccc(OCC(=O)O)cc1. The van der Waals surface area contributed by atoms with Crippen LogP contribution in [-0.2, 0) is 14.6 Å². The summed E-state index contributed by atoms with van der Waals surface area (Å²) >= 11 is 0. The molecular formula is C16H17NO7S. The number of amides is 1. The summed E-state index contributed by atoms with van der Waals surface area (Å²) in [6.07, 6.45) is 0.990. The number of carboxylic acids is 1. The molecule has 0 fully saturated rings. The van der Waals surface area contributed by atoms with Gasteiger partial charge in [0, 0.05) is 6.26 Å². The Kier molecular flexibility index (Phi) is 5.48. The predicted octanol–water partition coefficient (Wildman–Crippen LogP) is 1.64. The van der Waals surface area contributed by atoms with Gasteiger partial charge in [0.2, 0.25) is 14.9 Å². The molecular weight excluding hydrogens is 350 g/mol. The molecule has 1 amide bonds. The number of carbonyl (C=O) groups is 2. The normalized spacial score (nSPS) is 12.4. The zero-order valence-electron chi connectivity index (χ0n) is 13.6. The highest BCUT2D eigenvalue weighted by molar-refractivity contribution is 7.90. The summed E-state index contributed by atoms with van der Waals surface area (Å²) in [5, 5.41) is 11.0. The van der Waals surface area contributed by atoms with Crippen LogP contribution in [0.2, 0.25) is 0 Å². The van der Waals surface area contributed by atoms with Crippen molar-refractivity contribution in [2.24, 2.45) is 0 Å². The molecule has 1 atom stereocenters. The van der Waals surface area contributed by atoms with E-state index in [4.69, 9.17) is 14.3 Å². The maximum atomic E-state index is 12.1. The lowest BCUT2D eigenvalue weighted by Crippen LogP contribution is -2.26. The van der Waals surface area contributed by atoms with Crippen molar-refractivity contribution >= 4 is 21.7 Å². The lowest BCUT2D eigenvalue weighted by molar-refractivity contribution is -0.139. The van der Waals surface area contributed by atoms with E-state index in [-0.39, 0.29) is 16.9 Å². The molecule has 134 valence electrons. The van der Waals surface area contributed by atoms with Crippen molar-refractivity contribution in [3.05, 3.63) is 47.7 Å². The van der Waals surface area contributed by atoms with Crippen LogP contribution in [0.25, 0.3) is 0 Å². The van der Waals surface area contributed by atoms with Gasteiger partial charge in [-0.3, -0.25) is 4.79 Å². The Balaban J connectivity index is 2.01. The molecule has 2 aromatic rings. The first-order chi connectivity index (χ1) is 11.7. The van der Waals surface area contributed by atoms with Gasteiger partial charge in [0.1, 0.15) is 5.75 Å². The first-order valence-corrected chi connectivity index (χ1v) is 9.11. The van der Waals surface area contributed by atoms with Crippen LogP contribution >= 0.6 is 0 Å². The summed E-state index contributed by atoms with van der Waals surface area (Å²) in [5.41, 5.74) is 0.755. The van der Waals surface area contributed by atoms with Crippen molar-refractivity contribution in [1.29, 1.82) is 0 Å². The van der Waals surface area contributed by atoms with Crippen LogP contribution in [0.15, 0.2) is 45.9 Å². The molecule has 0 saturated heterocycles. The minimum atomic E-state index is -3.51. The smallest absolute Gasteiger partial charge is 0.341 e. The molecule has 1 aromatic carbocycles. The van der Waals surface area contributed by atoms with Crippen molar-refractivity contribution in [2.45, 2.75) is 18.1 Å². The van der Waals surface area contributed by atoms with Gasteiger partial charge in [-0.25, -0.2) is 13.2 Å². The number of carboxylic acid groups (broad SMARTS) is 1. The molecule has 0 aliphatic rings. The second-order valence-electron chi connectivity index (χ2n) is 5.34. The third kappa shape index (κ3) is 5.08. The Morgan fingerprint density at radius 2 is 1.84 bits per heavy atom. The first-order valence-electron chi connectivity index (χ1n) is 7.22. The van der Waals surface area contributed by atoms with Crippen LogP contribution in [0.3, 0.4) is 0 Å². The number of ether oxygens (including phenoxy) is 1. The van der Waals surface area contributed by atoms with E-state index in [0.717, 1.165) is 11.8 Å². The Morgan fingerprint density at radius 1 is 1.20 bits per heavy atom. The fraction of sp³-hybridized carbons (Fsp3) is 0.250. The van der Waals surface area contributed by atoms with Gasteiger partial charge in [0.15, 0.2) is 12.4 Å². The Labute approximate surface area is 144 Å². The summed E-state index contributed by atoms with van der Waals surface area (Å²) in [4.78, 5) is 22.6. The van der Waals surface area contributed by atoms with Gasteiger partial charge in [0.25, 0.3) is 5.91 Å². The predicted molar refractivity (Wildman–Crippen MR) is 87.3 cm³/mol. The average molecular weight is 367 g/mol. The van der Waals surface area contributed by atoms with Crippen LogP contribution in [0.1, 0.15) is 29.1 Å². The topological polar surface area (TPSA) is 123 Å². The number of hydrogen-bond acceptors (Lipinski definition) is 6. The van der Waals surface area contributed by atoms with E-state index >= 15 is 0 Å². The number of aliphatic carboxylic acids is 1. The number of carbonyl (C=O) groups excluding carboxylic acids is 1. The molecule has 0 radical (unpaired) electrons. The maximum Gasteiger partial charge on any atom is 0.341 e. The lowest BCUT2D eigenvalue weighted by atomic mass is 10.1. The van der Waals surface area contributed by atoms with Crippen molar-refractivity contribution in [3.8, 4) is 5.75 Å². The zero-order chi connectivity index (χ0) is 18.6. The van der Waals surface area contributed by atoms with E-state index in [1.54, 1.807) is 31.2 Å². The van der Waals surface area contributed by atoms with Crippen LogP contribution < -0.4 is 10.1 Å². The van der Waals surface area contributed by atoms with Crippen molar-refractivity contribution in [2.75, 3.05) is 12.9 Å². The molecule has 1 heterocycles. The van der Waals surface area contributed by atoms with Crippen LogP contribution in [-0.4, -0.2) is 38.3 Å². The Bertz CT molecular complexity index is 868. The van der Waals surface area contributed by atoms with Crippen molar-refractivity contribution in [3.63, 3.8) is 0 Å². The molecule has 2 rings (SSSR count). The standard InChI is InChI=1S/C16H17NO7S/c1-10(11-3-5-12(6-4-11)23-9-14(18)19)17-16(20)13-7-8-15(24-13)25(2,21)22/h3-8,10H,9H2,1-2H3,(H,17,20)(H,18,19). The monoisotopic (exact) mass is 367 g/mol. The maximum absolute atomic E-state index is 12.1. The molecule has 9 heteroatoms. The van der Waals surface area contributed by atoms with Crippen LogP contribution in [0, 0.1) is 0 Å². The fourth-order valence-electron chi connectivity index (χ4n) is 1.99. The fourth-order valence-corrected chi connectivity index (χ4v) is 2.55. The van der Waals surface area contributed by atoms with Gasteiger partial charge in [-0.15, -0.1) is 0 Å². The number of benzene rings is 1. The summed E-state index contributed by atoms with van der Waals surface area (Å²) in [6, 6.07) is 8.70. The van der Waals surface area contributed by atoms with Gasteiger partial charge >= 0.3 is 5.97 Å². The molecule has 0 bridgehead atoms. The molecule has 2 N–H and O–H groups in total. The number of nitrogens with one attached hydrogen (secondary N) is 1. The van der Waals surface area contributed by atoms with Gasteiger partial charge in [-0.1, -0.05) is 12.1 Å².